The smallest absolute Gasteiger partial charge is 0.368 e. The van der Waals surface area contributed by atoms with Crippen LogP contribution in [-0.4, -0.2) is 48.7 Å². The quantitative estimate of drug-likeness (QED) is 0.627. The van der Waals surface area contributed by atoms with Crippen molar-refractivity contribution in [2.24, 2.45) is 0 Å². The molecule has 1 aliphatic heterocycles. The molecule has 22 heavy (non-hydrogen) atoms. The standard InChI is InChI=1S/C13H15ClF3N3O2/c1-9-6-10(20(21)22)7-11(14)12(9)19-4-2-18(3-5-19)8-13(15,16)17/h6-7H,2-5,8H2,1H3. The van der Waals surface area contributed by atoms with Crippen molar-refractivity contribution < 1.29 is 18.1 Å². The van der Waals surface area contributed by atoms with Gasteiger partial charge < -0.3 is 4.90 Å². The fourth-order valence-corrected chi connectivity index (χ4v) is 2.99. The number of anilines is 1. The zero-order valence-corrected chi connectivity index (χ0v) is 12.6. The second-order valence-corrected chi connectivity index (χ2v) is 5.64. The van der Waals surface area contributed by atoms with E-state index < -0.39 is 17.6 Å². The summed E-state index contributed by atoms with van der Waals surface area (Å²) in [7, 11) is 0. The highest BCUT2D eigenvalue weighted by Crippen LogP contribution is 2.34. The van der Waals surface area contributed by atoms with Crippen molar-refractivity contribution in [2.45, 2.75) is 13.1 Å². The first-order chi connectivity index (χ1) is 10.2. The molecule has 5 nitrogen and oxygen atoms in total. The Morgan fingerprint density at radius 1 is 1.27 bits per heavy atom. The van der Waals surface area contributed by atoms with Gasteiger partial charge in [-0.3, -0.25) is 15.0 Å². The summed E-state index contributed by atoms with van der Waals surface area (Å²) in [5.74, 6) is 0. The Morgan fingerprint density at radius 3 is 2.32 bits per heavy atom. The Balaban J connectivity index is 2.10. The maximum atomic E-state index is 12.4. The van der Waals surface area contributed by atoms with Crippen LogP contribution in [0.4, 0.5) is 24.5 Å². The summed E-state index contributed by atoms with van der Waals surface area (Å²) < 4.78 is 37.1. The molecule has 0 aliphatic carbocycles. The lowest BCUT2D eigenvalue weighted by atomic mass is 10.1. The van der Waals surface area contributed by atoms with E-state index in [0.717, 1.165) is 0 Å². The van der Waals surface area contributed by atoms with Crippen LogP contribution in [0.5, 0.6) is 0 Å². The van der Waals surface area contributed by atoms with Crippen LogP contribution in [0, 0.1) is 17.0 Å². The fraction of sp³-hybridized carbons (Fsp3) is 0.538. The summed E-state index contributed by atoms with van der Waals surface area (Å²) in [6, 6.07) is 2.69. The molecule has 2 rings (SSSR count). The van der Waals surface area contributed by atoms with Gasteiger partial charge in [-0.15, -0.1) is 0 Å². The maximum absolute atomic E-state index is 12.4. The molecular formula is C13H15ClF3N3O2. The topological polar surface area (TPSA) is 49.6 Å². The minimum Gasteiger partial charge on any atom is -0.368 e. The van der Waals surface area contributed by atoms with E-state index in [1.807, 2.05) is 4.90 Å². The van der Waals surface area contributed by atoms with Crippen LogP contribution in [0.15, 0.2) is 12.1 Å². The maximum Gasteiger partial charge on any atom is 0.401 e. The molecule has 1 fully saturated rings. The summed E-state index contributed by atoms with van der Waals surface area (Å²) in [5.41, 5.74) is 1.20. The molecule has 1 aromatic carbocycles. The van der Waals surface area contributed by atoms with Crippen LogP contribution >= 0.6 is 11.6 Å². The first-order valence-corrected chi connectivity index (χ1v) is 7.04. The number of nitro groups is 1. The van der Waals surface area contributed by atoms with Gasteiger partial charge in [-0.05, 0) is 12.5 Å². The van der Waals surface area contributed by atoms with Crippen LogP contribution in [0.2, 0.25) is 5.02 Å². The van der Waals surface area contributed by atoms with E-state index >= 15 is 0 Å². The number of alkyl halides is 3. The van der Waals surface area contributed by atoms with Crippen LogP contribution in [0.3, 0.4) is 0 Å². The molecule has 1 saturated heterocycles. The first kappa shape index (κ1) is 16.8. The Kier molecular flexibility index (Phi) is 4.81. The SMILES string of the molecule is Cc1cc([N+](=O)[O-])cc(Cl)c1N1CCN(CC(F)(F)F)CC1. The van der Waals surface area contributed by atoms with Crippen molar-refractivity contribution in [3.8, 4) is 0 Å². The van der Waals surface area contributed by atoms with E-state index in [1.165, 1.54) is 17.0 Å². The molecule has 9 heteroatoms. The molecule has 1 aliphatic rings. The summed E-state index contributed by atoms with van der Waals surface area (Å²) in [6.07, 6.45) is -4.21. The normalized spacial score (nSPS) is 16.9. The highest BCUT2D eigenvalue weighted by Gasteiger charge is 2.32. The van der Waals surface area contributed by atoms with E-state index in [9.17, 15) is 23.3 Å². The second kappa shape index (κ2) is 6.29. The number of nitrogens with zero attached hydrogens (tertiary/aromatic N) is 3. The van der Waals surface area contributed by atoms with Gasteiger partial charge >= 0.3 is 6.18 Å². The Labute approximate surface area is 130 Å². The third-order valence-corrected chi connectivity index (χ3v) is 3.83. The molecule has 0 bridgehead atoms. The van der Waals surface area contributed by atoms with E-state index in [1.54, 1.807) is 6.92 Å². The van der Waals surface area contributed by atoms with Gasteiger partial charge in [0.25, 0.3) is 5.69 Å². The Hall–Kier alpha value is -1.54. The molecule has 0 atom stereocenters. The minimum atomic E-state index is -4.21. The van der Waals surface area contributed by atoms with Crippen LogP contribution in [0.1, 0.15) is 5.56 Å². The Bertz CT molecular complexity index is 549. The van der Waals surface area contributed by atoms with Gasteiger partial charge in [0.1, 0.15) is 0 Å². The highest BCUT2D eigenvalue weighted by atomic mass is 35.5. The molecule has 0 unspecified atom stereocenters. The molecular weight excluding hydrogens is 323 g/mol. The lowest BCUT2D eigenvalue weighted by Crippen LogP contribution is -2.49. The van der Waals surface area contributed by atoms with Crippen LogP contribution in [-0.2, 0) is 0 Å². The first-order valence-electron chi connectivity index (χ1n) is 6.66. The van der Waals surface area contributed by atoms with E-state index in [2.05, 4.69) is 0 Å². The third-order valence-electron chi connectivity index (χ3n) is 3.54. The third kappa shape index (κ3) is 4.01. The van der Waals surface area contributed by atoms with E-state index in [0.29, 0.717) is 24.3 Å². The fourth-order valence-electron chi connectivity index (χ4n) is 2.61. The number of nitro benzene ring substituents is 1. The van der Waals surface area contributed by atoms with Gasteiger partial charge in [0.15, 0.2) is 0 Å². The number of halogens is 4. The van der Waals surface area contributed by atoms with Gasteiger partial charge in [0.2, 0.25) is 0 Å². The zero-order valence-electron chi connectivity index (χ0n) is 11.9. The molecule has 0 amide bonds. The van der Waals surface area contributed by atoms with E-state index in [4.69, 9.17) is 11.6 Å². The monoisotopic (exact) mass is 337 g/mol. The molecule has 0 saturated carbocycles. The molecule has 0 N–H and O–H groups in total. The van der Waals surface area contributed by atoms with Crippen molar-refractivity contribution in [3.05, 3.63) is 32.8 Å². The molecule has 122 valence electrons. The number of rotatable bonds is 3. The number of benzene rings is 1. The van der Waals surface area contributed by atoms with Gasteiger partial charge in [0.05, 0.1) is 22.2 Å². The van der Waals surface area contributed by atoms with Crippen molar-refractivity contribution >= 4 is 23.0 Å². The number of non-ortho nitro benzene ring substituents is 1. The van der Waals surface area contributed by atoms with Gasteiger partial charge in [0, 0.05) is 38.3 Å². The molecule has 1 aromatic rings. The number of piperazine rings is 1. The van der Waals surface area contributed by atoms with Crippen LogP contribution < -0.4 is 4.90 Å². The summed E-state index contributed by atoms with van der Waals surface area (Å²) in [4.78, 5) is 13.5. The Morgan fingerprint density at radius 2 is 1.86 bits per heavy atom. The van der Waals surface area contributed by atoms with Gasteiger partial charge in [-0.25, -0.2) is 0 Å². The van der Waals surface area contributed by atoms with E-state index in [-0.39, 0.29) is 23.8 Å². The lowest BCUT2D eigenvalue weighted by molar-refractivity contribution is -0.384. The number of hydrogen-bond donors (Lipinski definition) is 0. The molecule has 0 aromatic heterocycles. The number of aryl methyl sites for hydroxylation is 1. The predicted octanol–water partition coefficient (Wildman–Crippen LogP) is 3.24. The lowest BCUT2D eigenvalue weighted by Gasteiger charge is -2.37. The summed E-state index contributed by atoms with van der Waals surface area (Å²) >= 11 is 6.12. The van der Waals surface area contributed by atoms with Crippen LogP contribution in [0.25, 0.3) is 0 Å². The van der Waals surface area contributed by atoms with Gasteiger partial charge in [-0.1, -0.05) is 11.6 Å². The van der Waals surface area contributed by atoms with Crippen molar-refractivity contribution in [2.75, 3.05) is 37.6 Å². The highest BCUT2D eigenvalue weighted by molar-refractivity contribution is 6.33. The summed E-state index contributed by atoms with van der Waals surface area (Å²) in [6.45, 7) is 2.12. The largest absolute Gasteiger partial charge is 0.401 e. The second-order valence-electron chi connectivity index (χ2n) is 5.23. The summed E-state index contributed by atoms with van der Waals surface area (Å²) in [5, 5.41) is 11.0. The van der Waals surface area contributed by atoms with Gasteiger partial charge in [-0.2, -0.15) is 13.2 Å². The predicted molar refractivity (Wildman–Crippen MR) is 77.6 cm³/mol. The van der Waals surface area contributed by atoms with Crippen molar-refractivity contribution in [1.82, 2.24) is 4.90 Å². The average molecular weight is 338 g/mol. The molecule has 0 radical (unpaired) electrons. The average Bonchev–Trinajstić information content (AvgIpc) is 2.38. The molecule has 1 heterocycles. The van der Waals surface area contributed by atoms with Crippen molar-refractivity contribution in [3.63, 3.8) is 0 Å². The zero-order chi connectivity index (χ0) is 16.5. The minimum absolute atomic E-state index is 0.0954. The molecule has 0 spiro atoms. The number of hydrogen-bond acceptors (Lipinski definition) is 4. The van der Waals surface area contributed by atoms with Crippen molar-refractivity contribution in [1.29, 1.82) is 0 Å².